The van der Waals surface area contributed by atoms with Crippen LogP contribution in [0.4, 0.5) is 4.39 Å². The first-order valence-corrected chi connectivity index (χ1v) is 8.46. The van der Waals surface area contributed by atoms with Gasteiger partial charge in [-0.05, 0) is 33.3 Å². The van der Waals surface area contributed by atoms with E-state index >= 15 is 0 Å². The Balaban J connectivity index is 2.52. The van der Waals surface area contributed by atoms with Gasteiger partial charge in [0.2, 0.25) is 0 Å². The van der Waals surface area contributed by atoms with Gasteiger partial charge in [0.1, 0.15) is 10.6 Å². The molecule has 0 radical (unpaired) electrons. The van der Waals surface area contributed by atoms with Gasteiger partial charge in [-0.1, -0.05) is 30.4 Å². The van der Waals surface area contributed by atoms with E-state index in [0.717, 1.165) is 0 Å². The second-order valence-corrected chi connectivity index (χ2v) is 8.91. The fourth-order valence-corrected chi connectivity index (χ4v) is 4.44. The fraction of sp³-hybridized carbons (Fsp3) is 0.500. The number of rotatable bonds is 1. The number of sulfone groups is 1. The largest absolute Gasteiger partial charge is 0.369 e. The van der Waals surface area contributed by atoms with Crippen molar-refractivity contribution in [3.8, 4) is 0 Å². The monoisotopic (exact) mass is 315 g/mol. The molecule has 110 valence electrons. The van der Waals surface area contributed by atoms with Gasteiger partial charge in [-0.2, -0.15) is 0 Å². The van der Waals surface area contributed by atoms with Crippen LogP contribution in [0.1, 0.15) is 32.8 Å². The Morgan fingerprint density at radius 3 is 2.45 bits per heavy atom. The molecule has 0 bridgehead atoms. The van der Waals surface area contributed by atoms with Crippen LogP contribution in [0.3, 0.4) is 0 Å². The standard InChI is InChI=1S/C14H18FNO2S2/c1-13(2)12(19)16-14(3,8-9-20(13,17)18)10-6-4-5-7-11(10)15/h4-7H,8-9H2,1-3H3,(H,16,19). The molecule has 0 aliphatic carbocycles. The van der Waals surface area contributed by atoms with Crippen molar-refractivity contribution in [3.63, 3.8) is 0 Å². The van der Waals surface area contributed by atoms with Crippen molar-refractivity contribution >= 4 is 27.0 Å². The Kier molecular flexibility index (Phi) is 3.67. The Hall–Kier alpha value is -1.01. The van der Waals surface area contributed by atoms with Gasteiger partial charge in [0.25, 0.3) is 0 Å². The summed E-state index contributed by atoms with van der Waals surface area (Å²) in [6.45, 7) is 4.96. The zero-order valence-electron chi connectivity index (χ0n) is 11.7. The summed E-state index contributed by atoms with van der Waals surface area (Å²) < 4.78 is 37.5. The summed E-state index contributed by atoms with van der Waals surface area (Å²) in [6.07, 6.45) is 0.278. The Bertz CT molecular complexity index is 655. The molecule has 0 spiro atoms. The predicted molar refractivity (Wildman–Crippen MR) is 82.0 cm³/mol. The minimum absolute atomic E-state index is 0.0298. The van der Waals surface area contributed by atoms with Crippen molar-refractivity contribution in [3.05, 3.63) is 35.6 Å². The lowest BCUT2D eigenvalue weighted by Gasteiger charge is -2.32. The van der Waals surface area contributed by atoms with E-state index in [9.17, 15) is 12.8 Å². The molecule has 1 heterocycles. The number of thiocarbonyl (C=S) groups is 1. The number of hydrogen-bond donors (Lipinski definition) is 1. The highest BCUT2D eigenvalue weighted by atomic mass is 32.2. The first kappa shape index (κ1) is 15.4. The number of halogens is 1. The first-order chi connectivity index (χ1) is 9.10. The molecule has 0 aromatic heterocycles. The molecule has 20 heavy (non-hydrogen) atoms. The topological polar surface area (TPSA) is 46.2 Å². The van der Waals surface area contributed by atoms with E-state index in [2.05, 4.69) is 5.32 Å². The normalized spacial score (nSPS) is 28.5. The van der Waals surface area contributed by atoms with Crippen molar-refractivity contribution < 1.29 is 12.8 Å². The smallest absolute Gasteiger partial charge is 0.162 e. The summed E-state index contributed by atoms with van der Waals surface area (Å²) in [5.41, 5.74) is -0.376. The molecular formula is C14H18FNO2S2. The van der Waals surface area contributed by atoms with Crippen LogP contribution in [0.5, 0.6) is 0 Å². The van der Waals surface area contributed by atoms with Crippen LogP contribution < -0.4 is 5.32 Å². The third-order valence-corrected chi connectivity index (χ3v) is 7.30. The highest BCUT2D eigenvalue weighted by Crippen LogP contribution is 2.34. The lowest BCUT2D eigenvalue weighted by molar-refractivity contribution is 0.402. The second kappa shape index (κ2) is 4.77. The minimum Gasteiger partial charge on any atom is -0.369 e. The third-order valence-electron chi connectivity index (χ3n) is 4.05. The van der Waals surface area contributed by atoms with Crippen molar-refractivity contribution in [2.24, 2.45) is 0 Å². The van der Waals surface area contributed by atoms with E-state index in [1.807, 2.05) is 0 Å². The van der Waals surface area contributed by atoms with Gasteiger partial charge in [-0.25, -0.2) is 12.8 Å². The van der Waals surface area contributed by atoms with Crippen LogP contribution in [-0.4, -0.2) is 23.9 Å². The van der Waals surface area contributed by atoms with Gasteiger partial charge in [-0.3, -0.25) is 0 Å². The molecule has 1 unspecified atom stereocenters. The Labute approximate surface area is 124 Å². The molecule has 1 aromatic carbocycles. The number of nitrogens with one attached hydrogen (secondary N) is 1. The molecule has 2 rings (SSSR count). The van der Waals surface area contributed by atoms with Crippen LogP contribution >= 0.6 is 12.2 Å². The quantitative estimate of drug-likeness (QED) is 0.809. The van der Waals surface area contributed by atoms with Crippen molar-refractivity contribution in [2.45, 2.75) is 37.5 Å². The molecule has 1 fully saturated rings. The second-order valence-electron chi connectivity index (χ2n) is 5.85. The SMILES string of the molecule is CC1(c2ccccc2F)CCS(=O)(=O)C(C)(C)C(=S)N1. The van der Waals surface area contributed by atoms with E-state index in [-0.39, 0.29) is 23.0 Å². The zero-order valence-corrected chi connectivity index (χ0v) is 13.4. The van der Waals surface area contributed by atoms with Gasteiger partial charge >= 0.3 is 0 Å². The number of benzene rings is 1. The molecule has 1 N–H and O–H groups in total. The molecular weight excluding hydrogens is 297 g/mol. The van der Waals surface area contributed by atoms with Crippen LogP contribution in [-0.2, 0) is 15.4 Å². The van der Waals surface area contributed by atoms with Crippen LogP contribution in [0.2, 0.25) is 0 Å². The Morgan fingerprint density at radius 2 is 1.85 bits per heavy atom. The minimum atomic E-state index is -3.36. The molecule has 1 aromatic rings. The zero-order chi connectivity index (χ0) is 15.2. The molecule has 0 amide bonds. The summed E-state index contributed by atoms with van der Waals surface area (Å²) in [5, 5.41) is 3.07. The van der Waals surface area contributed by atoms with E-state index in [1.54, 1.807) is 39.0 Å². The highest BCUT2D eigenvalue weighted by Gasteiger charge is 2.46. The van der Waals surface area contributed by atoms with Crippen molar-refractivity contribution in [2.75, 3.05) is 5.75 Å². The predicted octanol–water partition coefficient (Wildman–Crippen LogP) is 2.56. The fourth-order valence-electron chi connectivity index (χ4n) is 2.31. The van der Waals surface area contributed by atoms with Gasteiger partial charge < -0.3 is 5.32 Å². The Morgan fingerprint density at radius 1 is 1.25 bits per heavy atom. The summed E-state index contributed by atoms with van der Waals surface area (Å²) in [5.74, 6) is -0.389. The summed E-state index contributed by atoms with van der Waals surface area (Å²) in [4.78, 5) is 0.237. The molecule has 1 aliphatic heterocycles. The van der Waals surface area contributed by atoms with Gasteiger partial charge in [0, 0.05) is 5.56 Å². The maximum absolute atomic E-state index is 14.0. The molecule has 6 heteroatoms. The highest BCUT2D eigenvalue weighted by molar-refractivity contribution is 7.95. The van der Waals surface area contributed by atoms with E-state index in [4.69, 9.17) is 12.2 Å². The van der Waals surface area contributed by atoms with E-state index < -0.39 is 20.1 Å². The maximum Gasteiger partial charge on any atom is 0.162 e. The average molecular weight is 315 g/mol. The molecule has 1 atom stereocenters. The van der Waals surface area contributed by atoms with Crippen LogP contribution in [0.25, 0.3) is 0 Å². The summed E-state index contributed by atoms with van der Waals surface area (Å²) >= 11 is 5.26. The van der Waals surface area contributed by atoms with Crippen molar-refractivity contribution in [1.82, 2.24) is 5.32 Å². The van der Waals surface area contributed by atoms with E-state index in [1.165, 1.54) is 6.07 Å². The van der Waals surface area contributed by atoms with E-state index in [0.29, 0.717) is 5.56 Å². The average Bonchev–Trinajstić information content (AvgIpc) is 2.41. The van der Waals surface area contributed by atoms with Gasteiger partial charge in [-0.15, -0.1) is 0 Å². The van der Waals surface area contributed by atoms with Gasteiger partial charge in [0.05, 0.1) is 16.3 Å². The molecule has 1 saturated heterocycles. The summed E-state index contributed by atoms with van der Waals surface area (Å²) in [6, 6.07) is 6.38. The lowest BCUT2D eigenvalue weighted by atomic mass is 9.88. The number of hydrogen-bond acceptors (Lipinski definition) is 3. The lowest BCUT2D eigenvalue weighted by Crippen LogP contribution is -2.50. The van der Waals surface area contributed by atoms with Crippen LogP contribution in [0, 0.1) is 5.82 Å². The molecule has 3 nitrogen and oxygen atoms in total. The van der Waals surface area contributed by atoms with Crippen LogP contribution in [0.15, 0.2) is 24.3 Å². The maximum atomic E-state index is 14.0. The summed E-state index contributed by atoms with van der Waals surface area (Å²) in [7, 11) is -3.36. The molecule has 1 aliphatic rings. The third kappa shape index (κ3) is 2.35. The first-order valence-electron chi connectivity index (χ1n) is 6.40. The molecule has 0 saturated carbocycles. The van der Waals surface area contributed by atoms with Crippen molar-refractivity contribution in [1.29, 1.82) is 0 Å². The van der Waals surface area contributed by atoms with Gasteiger partial charge in [0.15, 0.2) is 9.84 Å².